The lowest BCUT2D eigenvalue weighted by molar-refractivity contribution is -0.127. The van der Waals surface area contributed by atoms with Crippen LogP contribution in [0.1, 0.15) is 32.5 Å². The zero-order valence-corrected chi connectivity index (χ0v) is 24.3. The molecule has 4 atom stereocenters. The SMILES string of the molecule is C=CC(=O)N1Cc2sc(C)cc2C(c2ccccc2-c2cn(CCN(C)C)nc2C(P)(P)P)C1. The fourth-order valence-electron chi connectivity index (χ4n) is 4.52. The maximum atomic E-state index is 12.6. The lowest BCUT2D eigenvalue weighted by Gasteiger charge is -2.33. The van der Waals surface area contributed by atoms with Gasteiger partial charge in [-0.3, -0.25) is 9.48 Å². The molecule has 0 spiro atoms. The first-order chi connectivity index (χ1) is 16.1. The molecule has 0 radical (unpaired) electrons. The van der Waals surface area contributed by atoms with Crippen molar-refractivity contribution in [1.82, 2.24) is 19.6 Å². The average molecular weight is 531 g/mol. The summed E-state index contributed by atoms with van der Waals surface area (Å²) < 4.78 is 1.70. The van der Waals surface area contributed by atoms with E-state index in [0.29, 0.717) is 13.1 Å². The third-order valence-corrected chi connectivity index (χ3v) is 8.01. The van der Waals surface area contributed by atoms with Gasteiger partial charge in [-0.05, 0) is 49.9 Å². The van der Waals surface area contributed by atoms with Crippen LogP contribution in [0.5, 0.6) is 0 Å². The van der Waals surface area contributed by atoms with Gasteiger partial charge in [-0.1, -0.05) is 30.8 Å². The van der Waals surface area contributed by atoms with Gasteiger partial charge in [0.15, 0.2) is 0 Å². The Morgan fingerprint density at radius 1 is 1.26 bits per heavy atom. The van der Waals surface area contributed by atoms with E-state index in [1.807, 2.05) is 9.58 Å². The molecular weight excluding hydrogens is 497 g/mol. The maximum absolute atomic E-state index is 12.6. The Labute approximate surface area is 213 Å². The van der Waals surface area contributed by atoms with Crippen molar-refractivity contribution in [1.29, 1.82) is 0 Å². The molecule has 2 aromatic heterocycles. The van der Waals surface area contributed by atoms with E-state index in [9.17, 15) is 4.79 Å². The van der Waals surface area contributed by atoms with Crippen LogP contribution in [0.25, 0.3) is 11.1 Å². The summed E-state index contributed by atoms with van der Waals surface area (Å²) >= 11 is 1.78. The summed E-state index contributed by atoms with van der Waals surface area (Å²) in [6, 6.07) is 10.9. The molecule has 0 aliphatic carbocycles. The Morgan fingerprint density at radius 2 is 2.00 bits per heavy atom. The molecule has 1 aliphatic heterocycles. The molecule has 1 amide bonds. The number of aromatic nitrogens is 2. The second-order valence-electron chi connectivity index (χ2n) is 9.19. The molecule has 180 valence electrons. The van der Waals surface area contributed by atoms with Gasteiger partial charge in [-0.2, -0.15) is 5.10 Å². The first-order valence-corrected chi connectivity index (χ1v) is 13.8. The minimum Gasteiger partial charge on any atom is -0.333 e. The second kappa shape index (κ2) is 10.3. The number of thiophene rings is 1. The van der Waals surface area contributed by atoms with Crippen LogP contribution >= 0.6 is 39.1 Å². The van der Waals surface area contributed by atoms with Crippen LogP contribution < -0.4 is 0 Å². The molecule has 3 aromatic rings. The highest BCUT2D eigenvalue weighted by molar-refractivity contribution is 7.56. The number of hydrogen-bond acceptors (Lipinski definition) is 4. The van der Waals surface area contributed by atoms with Crippen molar-refractivity contribution < 1.29 is 4.79 Å². The van der Waals surface area contributed by atoms with Crippen LogP contribution in [0.2, 0.25) is 0 Å². The predicted molar refractivity (Wildman–Crippen MR) is 154 cm³/mol. The third-order valence-electron chi connectivity index (χ3n) is 6.14. The van der Waals surface area contributed by atoms with Gasteiger partial charge >= 0.3 is 0 Å². The minimum absolute atomic E-state index is 0.0183. The molecule has 1 aliphatic rings. The number of aryl methyl sites for hydroxylation is 1. The fourth-order valence-corrected chi connectivity index (χ4v) is 6.28. The van der Waals surface area contributed by atoms with Crippen LogP contribution in [-0.4, -0.2) is 52.7 Å². The Kier molecular flexibility index (Phi) is 7.77. The van der Waals surface area contributed by atoms with Crippen LogP contribution in [0.4, 0.5) is 0 Å². The molecule has 3 heterocycles. The molecule has 9 heteroatoms. The second-order valence-corrected chi connectivity index (χ2v) is 15.4. The van der Waals surface area contributed by atoms with E-state index in [0.717, 1.165) is 29.9 Å². The number of benzene rings is 1. The highest BCUT2D eigenvalue weighted by Crippen LogP contribution is 2.49. The Morgan fingerprint density at radius 3 is 2.68 bits per heavy atom. The van der Waals surface area contributed by atoms with E-state index in [1.165, 1.54) is 27.0 Å². The molecule has 34 heavy (non-hydrogen) atoms. The maximum Gasteiger partial charge on any atom is 0.246 e. The van der Waals surface area contributed by atoms with Crippen molar-refractivity contribution in [3.05, 3.63) is 75.8 Å². The number of carbonyl (C=O) groups excluding carboxylic acids is 1. The average Bonchev–Trinajstić information content (AvgIpc) is 3.39. The molecule has 0 saturated carbocycles. The summed E-state index contributed by atoms with van der Waals surface area (Å²) in [6.07, 6.45) is 3.59. The fraction of sp³-hybridized carbons (Fsp3) is 0.360. The van der Waals surface area contributed by atoms with Crippen molar-refractivity contribution in [2.24, 2.45) is 0 Å². The highest BCUT2D eigenvalue weighted by atomic mass is 32.1. The van der Waals surface area contributed by atoms with Crippen molar-refractivity contribution in [3.63, 3.8) is 0 Å². The van der Waals surface area contributed by atoms with E-state index in [4.69, 9.17) is 5.10 Å². The lowest BCUT2D eigenvalue weighted by atomic mass is 9.83. The molecule has 5 nitrogen and oxygen atoms in total. The van der Waals surface area contributed by atoms with Crippen molar-refractivity contribution >= 4 is 45.0 Å². The molecule has 0 fully saturated rings. The highest BCUT2D eigenvalue weighted by Gasteiger charge is 2.33. The zero-order valence-electron chi connectivity index (χ0n) is 20.0. The Bertz CT molecular complexity index is 1210. The van der Waals surface area contributed by atoms with Gasteiger partial charge in [-0.25, -0.2) is 0 Å². The van der Waals surface area contributed by atoms with Gasteiger partial charge in [0.05, 0.1) is 23.4 Å². The predicted octanol–water partition coefficient (Wildman–Crippen LogP) is 4.88. The number of amides is 1. The standard InChI is InChI=1S/C25H33N4OP3S/c1-5-23(30)28-13-20(19-12-16(2)34-22(19)15-28)17-8-6-7-9-18(17)21-14-29(11-10-27(3)4)26-24(21)25(31,32)33/h5-9,12,14,20H,1,10-11,13,15,31-33H2,2-4H3. The minimum atomic E-state index is -0.340. The lowest BCUT2D eigenvalue weighted by Crippen LogP contribution is -2.37. The van der Waals surface area contributed by atoms with Gasteiger partial charge < -0.3 is 9.80 Å². The molecule has 4 rings (SSSR count). The number of hydrogen-bond donors (Lipinski definition) is 0. The number of nitrogens with zero attached hydrogens (tertiary/aromatic N) is 4. The molecule has 0 N–H and O–H groups in total. The van der Waals surface area contributed by atoms with E-state index >= 15 is 0 Å². The van der Waals surface area contributed by atoms with Crippen molar-refractivity contribution in [2.45, 2.75) is 30.6 Å². The summed E-state index contributed by atoms with van der Waals surface area (Å²) in [4.78, 5) is 19.2. The smallest absolute Gasteiger partial charge is 0.246 e. The van der Waals surface area contributed by atoms with Gasteiger partial charge in [0.1, 0.15) is 0 Å². The topological polar surface area (TPSA) is 41.4 Å². The summed E-state index contributed by atoms with van der Waals surface area (Å²) in [7, 11) is 12.8. The van der Waals surface area contributed by atoms with Crippen LogP contribution in [0, 0.1) is 6.92 Å². The van der Waals surface area contributed by atoms with Gasteiger partial charge in [0.2, 0.25) is 5.91 Å². The van der Waals surface area contributed by atoms with Gasteiger partial charge in [0.25, 0.3) is 0 Å². The van der Waals surface area contributed by atoms with Crippen molar-refractivity contribution in [3.8, 4) is 11.1 Å². The zero-order chi connectivity index (χ0) is 24.6. The van der Waals surface area contributed by atoms with E-state index in [-0.39, 0.29) is 16.5 Å². The quantitative estimate of drug-likeness (QED) is 0.323. The van der Waals surface area contributed by atoms with E-state index in [2.05, 4.69) is 96.7 Å². The van der Waals surface area contributed by atoms with E-state index in [1.54, 1.807) is 11.3 Å². The third kappa shape index (κ3) is 5.38. The number of carbonyl (C=O) groups is 1. The van der Waals surface area contributed by atoms with Gasteiger partial charge in [-0.15, -0.1) is 39.1 Å². The first-order valence-electron chi connectivity index (χ1n) is 11.3. The largest absolute Gasteiger partial charge is 0.333 e. The normalized spacial score (nSPS) is 16.1. The molecule has 1 aromatic carbocycles. The summed E-state index contributed by atoms with van der Waals surface area (Å²) in [5.41, 5.74) is 5.84. The van der Waals surface area contributed by atoms with Gasteiger partial charge in [0, 0.05) is 40.5 Å². The summed E-state index contributed by atoms with van der Waals surface area (Å²) in [5, 5.41) is 4.97. The van der Waals surface area contributed by atoms with Crippen molar-refractivity contribution in [2.75, 3.05) is 27.2 Å². The summed E-state index contributed by atoms with van der Waals surface area (Å²) in [6.45, 7) is 8.89. The molecular formula is C25H33N4OP3S. The summed E-state index contributed by atoms with van der Waals surface area (Å²) in [5.74, 6) is 0.0787. The van der Waals surface area contributed by atoms with Crippen LogP contribution in [0.3, 0.4) is 0 Å². The molecule has 0 saturated heterocycles. The van der Waals surface area contributed by atoms with Crippen LogP contribution in [-0.2, 0) is 22.5 Å². The Hall–Kier alpha value is -1.41. The van der Waals surface area contributed by atoms with E-state index < -0.39 is 0 Å². The van der Waals surface area contributed by atoms with Crippen LogP contribution in [0.15, 0.2) is 49.2 Å². The number of likely N-dealkylation sites (N-methyl/N-ethyl adjacent to an activating group) is 1. The molecule has 0 bridgehead atoms. The monoisotopic (exact) mass is 530 g/mol. The first kappa shape index (κ1) is 25.7. The number of rotatable bonds is 7. The number of fused-ring (bicyclic) bond motifs is 1. The Balaban J connectivity index is 1.84. The molecule has 4 unspecified atom stereocenters.